The van der Waals surface area contributed by atoms with E-state index in [0.717, 1.165) is 35.3 Å². The van der Waals surface area contributed by atoms with Crippen LogP contribution in [0.2, 0.25) is 0 Å². The number of phenolic OH excluding ortho intramolecular Hbond substituents is 1. The first-order chi connectivity index (χ1) is 19.3. The Morgan fingerprint density at radius 2 is 1.61 bits per heavy atom. The van der Waals surface area contributed by atoms with Crippen LogP contribution in [0.3, 0.4) is 0 Å². The van der Waals surface area contributed by atoms with Crippen molar-refractivity contribution in [2.75, 3.05) is 13.2 Å². The fourth-order valence-corrected chi connectivity index (χ4v) is 2.99. The summed E-state index contributed by atoms with van der Waals surface area (Å²) < 4.78 is 30.2. The molecule has 0 fully saturated rings. The van der Waals surface area contributed by atoms with Gasteiger partial charge < -0.3 is 19.7 Å². The Morgan fingerprint density at radius 3 is 2.05 bits per heavy atom. The Bertz CT molecular complexity index is 1120. The van der Waals surface area contributed by atoms with Crippen LogP contribution in [0.15, 0.2) is 48.6 Å². The SMILES string of the molecule is C=C(C)/C=c1/cc(F)cc/c1=C/C.CC.CC(=O)OCC(C)CCCCO.CC(C)=O.CCc1cccc(F)c1O. The minimum absolute atomic E-state index is 0.167. The Hall–Kier alpha value is -3.32. The number of hydrogen-bond acceptors (Lipinski definition) is 5. The van der Waals surface area contributed by atoms with Crippen molar-refractivity contribution in [1.29, 1.82) is 0 Å². The molecule has 0 saturated carbocycles. The number of ketones is 1. The molecule has 0 amide bonds. The molecule has 2 aromatic rings. The van der Waals surface area contributed by atoms with Gasteiger partial charge in [0, 0.05) is 13.5 Å². The number of benzene rings is 2. The van der Waals surface area contributed by atoms with Crippen LogP contribution in [0.25, 0.3) is 12.2 Å². The van der Waals surface area contributed by atoms with Crippen LogP contribution >= 0.6 is 0 Å². The highest BCUT2D eigenvalue weighted by molar-refractivity contribution is 5.72. The minimum Gasteiger partial charge on any atom is -0.505 e. The molecule has 1 atom stereocenters. The second-order valence-corrected chi connectivity index (χ2v) is 9.19. The van der Waals surface area contributed by atoms with Crippen LogP contribution in [0.5, 0.6) is 5.75 Å². The molecular formula is C34H52F2O5. The number of phenols is 1. The second kappa shape index (κ2) is 26.9. The second-order valence-electron chi connectivity index (χ2n) is 9.19. The lowest BCUT2D eigenvalue weighted by atomic mass is 10.1. The molecule has 7 heteroatoms. The maximum Gasteiger partial charge on any atom is 0.302 e. The number of para-hydroxylation sites is 1. The first-order valence-electron chi connectivity index (χ1n) is 14.1. The number of aliphatic hydroxyl groups excluding tert-OH is 1. The molecule has 0 spiro atoms. The number of halogens is 2. The van der Waals surface area contributed by atoms with Crippen LogP contribution in [-0.2, 0) is 20.7 Å². The first kappa shape index (κ1) is 42.2. The Morgan fingerprint density at radius 1 is 1.02 bits per heavy atom. The van der Waals surface area contributed by atoms with Crippen molar-refractivity contribution in [2.24, 2.45) is 5.92 Å². The van der Waals surface area contributed by atoms with E-state index in [1.165, 1.54) is 39.0 Å². The van der Waals surface area contributed by atoms with Gasteiger partial charge in [-0.2, -0.15) is 0 Å². The normalized spacial score (nSPS) is 11.1. The number of aromatic hydroxyl groups is 1. The summed E-state index contributed by atoms with van der Waals surface area (Å²) in [4.78, 5) is 19.9. The minimum atomic E-state index is -0.542. The molecule has 232 valence electrons. The van der Waals surface area contributed by atoms with Crippen molar-refractivity contribution in [3.05, 3.63) is 76.2 Å². The summed E-state index contributed by atoms with van der Waals surface area (Å²) in [5.74, 6) is -0.619. The molecule has 0 aliphatic rings. The molecule has 0 aliphatic heterocycles. The van der Waals surface area contributed by atoms with E-state index in [2.05, 4.69) is 6.58 Å². The summed E-state index contributed by atoms with van der Waals surface area (Å²) in [7, 11) is 0. The van der Waals surface area contributed by atoms with E-state index in [1.807, 2.05) is 53.7 Å². The zero-order chi connectivity index (χ0) is 32.4. The van der Waals surface area contributed by atoms with E-state index in [-0.39, 0.29) is 29.9 Å². The average Bonchev–Trinajstić information content (AvgIpc) is 2.91. The zero-order valence-corrected chi connectivity index (χ0v) is 26.5. The van der Waals surface area contributed by atoms with Crippen LogP contribution < -0.4 is 10.4 Å². The number of aryl methyl sites for hydroxylation is 1. The molecular weight excluding hydrogens is 526 g/mol. The molecule has 2 aromatic carbocycles. The van der Waals surface area contributed by atoms with Gasteiger partial charge in [0.05, 0.1) is 6.61 Å². The summed E-state index contributed by atoms with van der Waals surface area (Å²) in [6, 6.07) is 9.29. The molecule has 2 rings (SSSR count). The lowest BCUT2D eigenvalue weighted by molar-refractivity contribution is -0.142. The monoisotopic (exact) mass is 578 g/mol. The number of rotatable bonds is 8. The predicted molar refractivity (Wildman–Crippen MR) is 167 cm³/mol. The molecule has 0 aromatic heterocycles. The lowest BCUT2D eigenvalue weighted by Gasteiger charge is -2.09. The van der Waals surface area contributed by atoms with E-state index in [4.69, 9.17) is 14.9 Å². The summed E-state index contributed by atoms with van der Waals surface area (Å²) in [6.45, 7) is 20.7. The number of carbonyl (C=O) groups is 2. The van der Waals surface area contributed by atoms with Crippen molar-refractivity contribution in [3.63, 3.8) is 0 Å². The zero-order valence-electron chi connectivity index (χ0n) is 26.5. The smallest absolute Gasteiger partial charge is 0.302 e. The molecule has 0 saturated heterocycles. The van der Waals surface area contributed by atoms with Crippen LogP contribution in [-0.4, -0.2) is 35.2 Å². The van der Waals surface area contributed by atoms with E-state index in [9.17, 15) is 18.4 Å². The van der Waals surface area contributed by atoms with Gasteiger partial charge in [0.2, 0.25) is 0 Å². The van der Waals surface area contributed by atoms with Gasteiger partial charge in [-0.25, -0.2) is 8.78 Å². The summed E-state index contributed by atoms with van der Waals surface area (Å²) in [5.41, 5.74) is 1.58. The number of unbranched alkanes of at least 4 members (excludes halogenated alkanes) is 1. The van der Waals surface area contributed by atoms with Crippen molar-refractivity contribution < 1.29 is 33.3 Å². The molecule has 41 heavy (non-hydrogen) atoms. The van der Waals surface area contributed by atoms with E-state index >= 15 is 0 Å². The highest BCUT2D eigenvalue weighted by Gasteiger charge is 2.03. The van der Waals surface area contributed by atoms with Crippen molar-refractivity contribution in [3.8, 4) is 5.75 Å². The number of Topliss-reactive ketones (excluding diaryl/α,β-unsaturated/α-hetero) is 1. The maximum absolute atomic E-state index is 12.9. The van der Waals surface area contributed by atoms with Gasteiger partial charge >= 0.3 is 5.97 Å². The quantitative estimate of drug-likeness (QED) is 0.259. The summed E-state index contributed by atoms with van der Waals surface area (Å²) in [5, 5.41) is 19.5. The van der Waals surface area contributed by atoms with Gasteiger partial charge in [0.1, 0.15) is 11.6 Å². The third-order valence-corrected chi connectivity index (χ3v) is 4.89. The number of ether oxygens (including phenoxy) is 1. The van der Waals surface area contributed by atoms with E-state index < -0.39 is 5.82 Å². The van der Waals surface area contributed by atoms with Crippen LogP contribution in [0.1, 0.15) is 87.1 Å². The molecule has 5 nitrogen and oxygen atoms in total. The number of carbonyl (C=O) groups excluding carboxylic acids is 2. The van der Waals surface area contributed by atoms with Gasteiger partial charge in [-0.3, -0.25) is 4.79 Å². The third kappa shape index (κ3) is 25.4. The Balaban J connectivity index is -0.000000484. The fraction of sp³-hybridized carbons (Fsp3) is 0.471. The lowest BCUT2D eigenvalue weighted by Crippen LogP contribution is -2.24. The summed E-state index contributed by atoms with van der Waals surface area (Å²) in [6.07, 6.45) is 7.33. The largest absolute Gasteiger partial charge is 0.505 e. The Labute approximate surface area is 246 Å². The van der Waals surface area contributed by atoms with Crippen LogP contribution in [0, 0.1) is 17.6 Å². The maximum atomic E-state index is 12.9. The van der Waals surface area contributed by atoms with Gasteiger partial charge in [0.15, 0.2) is 11.6 Å². The van der Waals surface area contributed by atoms with E-state index in [1.54, 1.807) is 18.2 Å². The first-order valence-corrected chi connectivity index (χ1v) is 14.1. The number of allylic oxidation sites excluding steroid dienone is 1. The molecule has 0 heterocycles. The molecule has 1 unspecified atom stereocenters. The standard InChI is InChI=1S/C12H13F.C9H18O3.C8H9FO.C3H6O.C2H6/c1-4-10-5-6-12(13)8-11(10)7-9(2)3;1-8(5-3-4-6-10)7-12-9(2)11;1-2-6-4-3-5-7(9)8(6)10;1-3(2)4;1-2/h4-8H,2H2,1,3H3;8,10H,3-7H2,1-2H3;3-5,10H,2H2,1H3;1-2H3;1-2H3/b10-4-,11-7-;;;;. The van der Waals surface area contributed by atoms with E-state index in [0.29, 0.717) is 24.5 Å². The van der Waals surface area contributed by atoms with Gasteiger partial charge in [0.25, 0.3) is 0 Å². The number of hydrogen-bond donors (Lipinski definition) is 2. The van der Waals surface area contributed by atoms with Crippen LogP contribution in [0.4, 0.5) is 8.78 Å². The topological polar surface area (TPSA) is 83.8 Å². The average molecular weight is 579 g/mol. The highest BCUT2D eigenvalue weighted by Crippen LogP contribution is 2.20. The third-order valence-electron chi connectivity index (χ3n) is 4.89. The highest BCUT2D eigenvalue weighted by atomic mass is 19.1. The predicted octanol–water partition coefficient (Wildman–Crippen LogP) is 7.05. The number of esters is 1. The molecule has 0 radical (unpaired) electrons. The Kier molecular flexibility index (Phi) is 27.6. The number of aliphatic hydroxyl groups is 1. The fourth-order valence-electron chi connectivity index (χ4n) is 2.99. The van der Waals surface area contributed by atoms with Crippen molar-refractivity contribution in [1.82, 2.24) is 0 Å². The molecule has 0 aliphatic carbocycles. The summed E-state index contributed by atoms with van der Waals surface area (Å²) >= 11 is 0. The van der Waals surface area contributed by atoms with Crippen molar-refractivity contribution in [2.45, 2.75) is 88.0 Å². The molecule has 0 bridgehead atoms. The van der Waals surface area contributed by atoms with Crippen molar-refractivity contribution >= 4 is 23.9 Å². The van der Waals surface area contributed by atoms with Gasteiger partial charge in [-0.1, -0.05) is 76.6 Å². The van der Waals surface area contributed by atoms with Gasteiger partial charge in [-0.15, -0.1) is 0 Å². The molecule has 2 N–H and O–H groups in total. The van der Waals surface area contributed by atoms with Gasteiger partial charge in [-0.05, 0) is 87.1 Å².